The van der Waals surface area contributed by atoms with Gasteiger partial charge >= 0.3 is 5.97 Å². The first-order valence-corrected chi connectivity index (χ1v) is 12.9. The lowest BCUT2D eigenvalue weighted by Gasteiger charge is -2.23. The smallest absolute Gasteiger partial charge is 0.352 e. The van der Waals surface area contributed by atoms with E-state index in [1.54, 1.807) is 16.8 Å². The number of fused-ring (bicyclic) bond motifs is 1. The highest BCUT2D eigenvalue weighted by Gasteiger charge is 2.32. The highest BCUT2D eigenvalue weighted by atomic mass is 35.5. The van der Waals surface area contributed by atoms with E-state index < -0.39 is 12.0 Å². The Morgan fingerprint density at radius 2 is 1.84 bits per heavy atom. The Kier molecular flexibility index (Phi) is 6.53. The number of carboxylic acids is 1. The molecule has 0 aliphatic heterocycles. The molecule has 0 spiro atoms. The summed E-state index contributed by atoms with van der Waals surface area (Å²) < 4.78 is 7.65. The van der Waals surface area contributed by atoms with E-state index in [0.717, 1.165) is 31.1 Å². The SMILES string of the molecule is O=C(O)c1[nH]c2cc(Cl)ccc2c1C(NC1CCCC1)c1nnnn1-c1cccc(Oc2ccccc2)c1. The molecule has 1 fully saturated rings. The molecule has 38 heavy (non-hydrogen) atoms. The van der Waals surface area contributed by atoms with Gasteiger partial charge in [-0.15, -0.1) is 5.10 Å². The Hall–Kier alpha value is -4.21. The minimum Gasteiger partial charge on any atom is -0.477 e. The third-order valence-electron chi connectivity index (χ3n) is 6.85. The number of aromatic amines is 1. The van der Waals surface area contributed by atoms with Crippen molar-refractivity contribution in [1.82, 2.24) is 30.5 Å². The maximum absolute atomic E-state index is 12.4. The fraction of sp³-hybridized carbons (Fsp3) is 0.214. The number of aromatic nitrogens is 5. The zero-order chi connectivity index (χ0) is 26.1. The van der Waals surface area contributed by atoms with E-state index in [-0.39, 0.29) is 11.7 Å². The Labute approximate surface area is 223 Å². The average molecular weight is 529 g/mol. The van der Waals surface area contributed by atoms with Crippen LogP contribution in [0.15, 0.2) is 72.8 Å². The minimum absolute atomic E-state index is 0.0773. The lowest BCUT2D eigenvalue weighted by Crippen LogP contribution is -2.34. The number of hydrogen-bond donors (Lipinski definition) is 3. The number of tetrazole rings is 1. The fourth-order valence-corrected chi connectivity index (χ4v) is 5.31. The number of ether oxygens (including phenoxy) is 1. The molecule has 1 atom stereocenters. The number of carboxylic acid groups (broad SMARTS) is 1. The number of nitrogens with zero attached hydrogens (tertiary/aromatic N) is 4. The summed E-state index contributed by atoms with van der Waals surface area (Å²) in [4.78, 5) is 15.4. The van der Waals surface area contributed by atoms with Crippen LogP contribution in [0.2, 0.25) is 5.02 Å². The minimum atomic E-state index is -1.07. The van der Waals surface area contributed by atoms with Crippen LogP contribution in [-0.2, 0) is 0 Å². The Bertz CT molecular complexity index is 1590. The molecule has 0 radical (unpaired) electrons. The zero-order valence-electron chi connectivity index (χ0n) is 20.3. The molecule has 1 unspecified atom stereocenters. The summed E-state index contributed by atoms with van der Waals surface area (Å²) >= 11 is 6.22. The van der Waals surface area contributed by atoms with Gasteiger partial charge in [-0.2, -0.15) is 4.68 Å². The van der Waals surface area contributed by atoms with E-state index in [1.807, 2.05) is 60.7 Å². The molecule has 5 aromatic rings. The normalized spacial score (nSPS) is 14.7. The summed E-state index contributed by atoms with van der Waals surface area (Å²) in [6.45, 7) is 0. The molecule has 192 valence electrons. The van der Waals surface area contributed by atoms with Crippen molar-refractivity contribution in [2.45, 2.75) is 37.8 Å². The summed E-state index contributed by atoms with van der Waals surface area (Å²) in [5.41, 5.74) is 1.98. The van der Waals surface area contributed by atoms with E-state index in [4.69, 9.17) is 16.3 Å². The van der Waals surface area contributed by atoms with Crippen molar-refractivity contribution in [2.75, 3.05) is 0 Å². The quantitative estimate of drug-likeness (QED) is 0.229. The van der Waals surface area contributed by atoms with Crippen molar-refractivity contribution in [1.29, 1.82) is 0 Å². The molecule has 2 heterocycles. The first-order valence-electron chi connectivity index (χ1n) is 12.5. The number of nitrogens with one attached hydrogen (secondary N) is 2. The van der Waals surface area contributed by atoms with Gasteiger partial charge in [-0.1, -0.05) is 54.8 Å². The third-order valence-corrected chi connectivity index (χ3v) is 7.09. The van der Waals surface area contributed by atoms with E-state index in [9.17, 15) is 9.90 Å². The van der Waals surface area contributed by atoms with Gasteiger partial charge in [0, 0.05) is 33.6 Å². The van der Waals surface area contributed by atoms with E-state index in [1.165, 1.54) is 0 Å². The molecule has 9 nitrogen and oxygen atoms in total. The molecule has 0 amide bonds. The van der Waals surface area contributed by atoms with Crippen molar-refractivity contribution in [3.63, 3.8) is 0 Å². The van der Waals surface area contributed by atoms with Gasteiger partial charge in [0.1, 0.15) is 17.2 Å². The molecule has 2 aromatic heterocycles. The highest BCUT2D eigenvalue weighted by molar-refractivity contribution is 6.31. The zero-order valence-corrected chi connectivity index (χ0v) is 21.1. The number of hydrogen-bond acceptors (Lipinski definition) is 6. The van der Waals surface area contributed by atoms with Gasteiger partial charge < -0.3 is 20.1 Å². The molecule has 3 N–H and O–H groups in total. The number of benzene rings is 3. The van der Waals surface area contributed by atoms with E-state index >= 15 is 0 Å². The predicted molar refractivity (Wildman–Crippen MR) is 143 cm³/mol. The second kappa shape index (κ2) is 10.3. The lowest BCUT2D eigenvalue weighted by atomic mass is 10.00. The molecular formula is C28H25ClN6O3. The largest absolute Gasteiger partial charge is 0.477 e. The van der Waals surface area contributed by atoms with Gasteiger partial charge in [0.15, 0.2) is 5.82 Å². The number of para-hydroxylation sites is 1. The van der Waals surface area contributed by atoms with Crippen LogP contribution in [0.3, 0.4) is 0 Å². The van der Waals surface area contributed by atoms with Crippen LogP contribution in [0.25, 0.3) is 16.6 Å². The van der Waals surface area contributed by atoms with Crippen molar-refractivity contribution >= 4 is 28.5 Å². The first-order chi connectivity index (χ1) is 18.6. The van der Waals surface area contributed by atoms with Gasteiger partial charge in [0.05, 0.1) is 11.7 Å². The van der Waals surface area contributed by atoms with Crippen molar-refractivity contribution < 1.29 is 14.6 Å². The van der Waals surface area contributed by atoms with Crippen molar-refractivity contribution in [3.05, 3.63) is 94.9 Å². The van der Waals surface area contributed by atoms with Crippen molar-refractivity contribution in [2.24, 2.45) is 0 Å². The third kappa shape index (κ3) is 4.73. The van der Waals surface area contributed by atoms with Crippen LogP contribution in [0.4, 0.5) is 0 Å². The van der Waals surface area contributed by atoms with Crippen LogP contribution in [0.1, 0.15) is 53.6 Å². The lowest BCUT2D eigenvalue weighted by molar-refractivity contribution is 0.0689. The molecule has 3 aromatic carbocycles. The highest BCUT2D eigenvalue weighted by Crippen LogP contribution is 2.35. The molecule has 10 heteroatoms. The van der Waals surface area contributed by atoms with Crippen LogP contribution in [-0.4, -0.2) is 42.3 Å². The van der Waals surface area contributed by atoms with Gasteiger partial charge in [-0.05, 0) is 59.7 Å². The molecule has 1 saturated carbocycles. The van der Waals surface area contributed by atoms with Gasteiger partial charge in [0.25, 0.3) is 0 Å². The van der Waals surface area contributed by atoms with Crippen LogP contribution in [0, 0.1) is 0 Å². The molecule has 0 saturated heterocycles. The van der Waals surface area contributed by atoms with Crippen LogP contribution in [0.5, 0.6) is 11.5 Å². The molecule has 6 rings (SSSR count). The summed E-state index contributed by atoms with van der Waals surface area (Å²) in [5.74, 6) is 0.754. The topological polar surface area (TPSA) is 118 Å². The molecular weight excluding hydrogens is 504 g/mol. The molecule has 0 bridgehead atoms. The van der Waals surface area contributed by atoms with Crippen LogP contribution >= 0.6 is 11.6 Å². The fourth-order valence-electron chi connectivity index (χ4n) is 5.14. The summed E-state index contributed by atoms with van der Waals surface area (Å²) in [6, 6.07) is 21.9. The van der Waals surface area contributed by atoms with E-state index in [2.05, 4.69) is 25.8 Å². The number of carbonyl (C=O) groups is 1. The standard InChI is InChI=1S/C28H25ClN6O3/c29-17-13-14-22-23(15-17)31-26(28(36)37)24(22)25(30-18-7-4-5-8-18)27-32-33-34-35(27)19-9-6-12-21(16-19)38-20-10-2-1-3-11-20/h1-3,6,9-16,18,25,30-31H,4-5,7-8H2,(H,36,37). The van der Waals surface area contributed by atoms with Gasteiger partial charge in [0.2, 0.25) is 0 Å². The summed E-state index contributed by atoms with van der Waals surface area (Å²) in [5, 5.41) is 27.8. The maximum Gasteiger partial charge on any atom is 0.352 e. The Morgan fingerprint density at radius 1 is 1.05 bits per heavy atom. The molecule has 1 aliphatic carbocycles. The van der Waals surface area contributed by atoms with Gasteiger partial charge in [-0.3, -0.25) is 0 Å². The second-order valence-corrected chi connectivity index (χ2v) is 9.79. The average Bonchev–Trinajstić information content (AvgIpc) is 3.68. The Balaban J connectivity index is 1.46. The van der Waals surface area contributed by atoms with Gasteiger partial charge in [-0.25, -0.2) is 4.79 Å². The van der Waals surface area contributed by atoms with Crippen LogP contribution < -0.4 is 10.1 Å². The molecule has 1 aliphatic rings. The number of rotatable bonds is 8. The summed E-state index contributed by atoms with van der Waals surface area (Å²) in [6.07, 6.45) is 4.22. The number of H-pyrrole nitrogens is 1. The van der Waals surface area contributed by atoms with Crippen molar-refractivity contribution in [3.8, 4) is 17.2 Å². The predicted octanol–water partition coefficient (Wildman–Crippen LogP) is 5.91. The second-order valence-electron chi connectivity index (χ2n) is 9.35. The first kappa shape index (κ1) is 24.1. The number of halogens is 1. The monoisotopic (exact) mass is 528 g/mol. The van der Waals surface area contributed by atoms with E-state index in [0.29, 0.717) is 39.1 Å². The maximum atomic E-state index is 12.4. The summed E-state index contributed by atoms with van der Waals surface area (Å²) in [7, 11) is 0. The Morgan fingerprint density at radius 3 is 2.63 bits per heavy atom. The number of aromatic carboxylic acids is 1.